The van der Waals surface area contributed by atoms with Crippen molar-refractivity contribution in [1.82, 2.24) is 5.32 Å². The Bertz CT molecular complexity index is 1100. The van der Waals surface area contributed by atoms with Crippen LogP contribution in [0.15, 0.2) is 46.1 Å². The average Bonchev–Trinajstić information content (AvgIpc) is 2.78. The van der Waals surface area contributed by atoms with Crippen molar-refractivity contribution in [3.63, 3.8) is 0 Å². The summed E-state index contributed by atoms with van der Waals surface area (Å²) in [4.78, 5) is 25.8. The molecule has 2 unspecified atom stereocenters. The number of allylic oxidation sites excluding steroid dienone is 2. The molecule has 168 valence electrons. The molecule has 2 atom stereocenters. The van der Waals surface area contributed by atoms with E-state index < -0.39 is 11.7 Å². The van der Waals surface area contributed by atoms with Crippen molar-refractivity contribution in [3.8, 4) is 17.2 Å². The van der Waals surface area contributed by atoms with E-state index in [0.717, 1.165) is 5.56 Å². The predicted octanol–water partition coefficient (Wildman–Crippen LogP) is 4.62. The molecule has 2 aromatic rings. The molecule has 0 bridgehead atoms. The summed E-state index contributed by atoms with van der Waals surface area (Å²) in [7, 11) is 4.60. The molecule has 1 N–H and O–H groups in total. The fraction of sp³-hybridized carbons (Fsp3) is 0.333. The molecular formula is C24H23BrFNO5. The van der Waals surface area contributed by atoms with E-state index in [0.29, 0.717) is 45.0 Å². The molecule has 0 radical (unpaired) electrons. The lowest BCUT2D eigenvalue weighted by molar-refractivity contribution is -0.122. The number of ether oxygens (including phenoxy) is 3. The monoisotopic (exact) mass is 503 g/mol. The average molecular weight is 504 g/mol. The first-order valence-electron chi connectivity index (χ1n) is 10.2. The van der Waals surface area contributed by atoms with Gasteiger partial charge in [0.25, 0.3) is 0 Å². The first kappa shape index (κ1) is 22.3. The van der Waals surface area contributed by atoms with Crippen LogP contribution in [0.3, 0.4) is 0 Å². The Morgan fingerprint density at radius 1 is 0.969 bits per heavy atom. The van der Waals surface area contributed by atoms with Crippen LogP contribution >= 0.6 is 15.9 Å². The van der Waals surface area contributed by atoms with Gasteiger partial charge in [0.2, 0.25) is 11.7 Å². The van der Waals surface area contributed by atoms with Crippen LogP contribution in [0.5, 0.6) is 17.2 Å². The number of carbonyl (C=O) groups is 2. The zero-order valence-electron chi connectivity index (χ0n) is 18.0. The van der Waals surface area contributed by atoms with Gasteiger partial charge in [0.15, 0.2) is 17.3 Å². The topological polar surface area (TPSA) is 73.9 Å². The van der Waals surface area contributed by atoms with E-state index in [1.165, 1.54) is 27.4 Å². The van der Waals surface area contributed by atoms with Crippen LogP contribution in [0.25, 0.3) is 0 Å². The minimum atomic E-state index is -0.607. The van der Waals surface area contributed by atoms with Gasteiger partial charge in [0.05, 0.1) is 21.3 Å². The summed E-state index contributed by atoms with van der Waals surface area (Å²) in [5.41, 5.74) is 2.23. The Morgan fingerprint density at radius 3 is 2.28 bits per heavy atom. The van der Waals surface area contributed by atoms with Gasteiger partial charge >= 0.3 is 0 Å². The molecule has 0 saturated heterocycles. The van der Waals surface area contributed by atoms with Crippen LogP contribution in [0, 0.1) is 5.82 Å². The van der Waals surface area contributed by atoms with Crippen molar-refractivity contribution >= 4 is 27.6 Å². The summed E-state index contributed by atoms with van der Waals surface area (Å²) >= 11 is 3.36. The number of nitrogens with one attached hydrogen (secondary N) is 1. The second-order valence-electron chi connectivity index (χ2n) is 7.85. The molecule has 0 spiro atoms. The predicted molar refractivity (Wildman–Crippen MR) is 120 cm³/mol. The number of hydrogen-bond donors (Lipinski definition) is 1. The summed E-state index contributed by atoms with van der Waals surface area (Å²) in [6, 6.07) is 8.22. The second kappa shape index (κ2) is 8.94. The van der Waals surface area contributed by atoms with Crippen molar-refractivity contribution in [2.75, 3.05) is 21.3 Å². The first-order valence-corrected chi connectivity index (χ1v) is 11.0. The summed E-state index contributed by atoms with van der Waals surface area (Å²) in [6.45, 7) is 0. The van der Waals surface area contributed by atoms with Crippen molar-refractivity contribution in [1.29, 1.82) is 0 Å². The van der Waals surface area contributed by atoms with Crippen molar-refractivity contribution in [2.45, 2.75) is 31.1 Å². The van der Waals surface area contributed by atoms with Crippen LogP contribution in [0.1, 0.15) is 42.2 Å². The third-order valence-electron chi connectivity index (χ3n) is 6.03. The zero-order valence-corrected chi connectivity index (χ0v) is 19.5. The lowest BCUT2D eigenvalue weighted by atomic mass is 9.73. The Morgan fingerprint density at radius 2 is 1.66 bits per heavy atom. The van der Waals surface area contributed by atoms with E-state index in [-0.39, 0.29) is 30.4 Å². The number of ketones is 1. The molecule has 0 aromatic heterocycles. The fourth-order valence-electron chi connectivity index (χ4n) is 4.58. The number of hydrogen-bond acceptors (Lipinski definition) is 5. The molecule has 6 nitrogen and oxygen atoms in total. The highest BCUT2D eigenvalue weighted by atomic mass is 79.9. The molecule has 32 heavy (non-hydrogen) atoms. The van der Waals surface area contributed by atoms with Crippen LogP contribution in [-0.2, 0) is 9.59 Å². The molecule has 8 heteroatoms. The smallest absolute Gasteiger partial charge is 0.225 e. The van der Waals surface area contributed by atoms with E-state index in [4.69, 9.17) is 14.2 Å². The molecule has 1 heterocycles. The molecule has 2 aromatic carbocycles. The van der Waals surface area contributed by atoms with Gasteiger partial charge in [-0.1, -0.05) is 15.9 Å². The molecule has 1 amide bonds. The Labute approximate surface area is 193 Å². The molecule has 1 aliphatic carbocycles. The maximum Gasteiger partial charge on any atom is 0.225 e. The number of amides is 1. The number of halogens is 2. The number of methoxy groups -OCH3 is 3. The van der Waals surface area contributed by atoms with Crippen LogP contribution in [-0.4, -0.2) is 33.0 Å². The molecular weight excluding hydrogens is 481 g/mol. The third-order valence-corrected chi connectivity index (χ3v) is 6.52. The highest BCUT2D eigenvalue weighted by Crippen LogP contribution is 2.46. The van der Waals surface area contributed by atoms with E-state index in [1.54, 1.807) is 12.1 Å². The van der Waals surface area contributed by atoms with E-state index in [9.17, 15) is 14.0 Å². The maximum atomic E-state index is 14.6. The van der Waals surface area contributed by atoms with Gasteiger partial charge in [-0.05, 0) is 53.8 Å². The summed E-state index contributed by atoms with van der Waals surface area (Å²) in [5.74, 6) is -0.102. The third kappa shape index (κ3) is 3.99. The Hall–Kier alpha value is -2.87. The maximum absolute atomic E-state index is 14.6. The number of carbonyl (C=O) groups excluding carboxylic acids is 2. The van der Waals surface area contributed by atoms with Crippen molar-refractivity contribution < 1.29 is 28.2 Å². The van der Waals surface area contributed by atoms with Crippen LogP contribution in [0.2, 0.25) is 0 Å². The van der Waals surface area contributed by atoms with Crippen molar-refractivity contribution in [3.05, 3.63) is 63.0 Å². The fourth-order valence-corrected chi connectivity index (χ4v) is 4.96. The lowest BCUT2D eigenvalue weighted by Crippen LogP contribution is -2.38. The van der Waals surface area contributed by atoms with Gasteiger partial charge in [0.1, 0.15) is 5.82 Å². The quantitative estimate of drug-likeness (QED) is 0.644. The van der Waals surface area contributed by atoms with Gasteiger partial charge in [-0.3, -0.25) is 9.59 Å². The summed E-state index contributed by atoms with van der Waals surface area (Å²) in [5, 5.41) is 2.86. The van der Waals surface area contributed by atoms with E-state index >= 15 is 0 Å². The van der Waals surface area contributed by atoms with Gasteiger partial charge in [-0.15, -0.1) is 0 Å². The SMILES string of the molecule is COc1cc(C2CC(=O)C3=C(C2)NC(=O)CC3c2cc(Br)ccc2F)cc(OC)c1OC. The van der Waals surface area contributed by atoms with Gasteiger partial charge < -0.3 is 19.5 Å². The second-order valence-corrected chi connectivity index (χ2v) is 8.77. The zero-order chi connectivity index (χ0) is 23.0. The minimum Gasteiger partial charge on any atom is -0.493 e. The molecule has 4 rings (SSSR count). The largest absolute Gasteiger partial charge is 0.493 e. The van der Waals surface area contributed by atoms with E-state index in [1.807, 2.05) is 12.1 Å². The highest BCUT2D eigenvalue weighted by Gasteiger charge is 2.39. The summed E-state index contributed by atoms with van der Waals surface area (Å²) < 4.78 is 31.6. The Balaban J connectivity index is 1.75. The van der Waals surface area contributed by atoms with Crippen LogP contribution in [0.4, 0.5) is 4.39 Å². The molecule has 0 fully saturated rings. The van der Waals surface area contributed by atoms with Crippen LogP contribution < -0.4 is 19.5 Å². The highest BCUT2D eigenvalue weighted by molar-refractivity contribution is 9.10. The van der Waals surface area contributed by atoms with Crippen molar-refractivity contribution in [2.24, 2.45) is 0 Å². The lowest BCUT2D eigenvalue weighted by Gasteiger charge is -2.34. The van der Waals surface area contributed by atoms with E-state index in [2.05, 4.69) is 21.2 Å². The number of rotatable bonds is 5. The minimum absolute atomic E-state index is 0.0345. The standard InChI is InChI=1S/C24H23BrFNO5/c1-30-20-8-13(9-21(31-2)24(20)32-3)12-6-18-23(19(28)7-12)16(11-22(29)27-18)15-10-14(25)4-5-17(15)26/h4-5,8-10,12,16H,6-7,11H2,1-3H3,(H,27,29). The normalized spacial score (nSPS) is 20.5. The molecule has 1 aliphatic heterocycles. The Kier molecular flexibility index (Phi) is 6.24. The van der Waals surface area contributed by atoms with Gasteiger partial charge in [0, 0.05) is 34.5 Å². The number of benzene rings is 2. The van der Waals surface area contributed by atoms with Gasteiger partial charge in [-0.25, -0.2) is 4.39 Å². The number of Topliss-reactive ketones (excluding diaryl/α,β-unsaturated/α-hetero) is 1. The molecule has 2 aliphatic rings. The molecule has 0 saturated carbocycles. The first-order chi connectivity index (χ1) is 15.4. The summed E-state index contributed by atoms with van der Waals surface area (Å²) in [6.07, 6.45) is 0.712. The van der Waals surface area contributed by atoms with Gasteiger partial charge in [-0.2, -0.15) is 0 Å².